The number of hydrogen-bond donors (Lipinski definition) is 0. The van der Waals surface area contributed by atoms with Crippen molar-refractivity contribution in [3.8, 4) is 181 Å². The van der Waals surface area contributed by atoms with Gasteiger partial charge in [-0.25, -0.2) is 59.8 Å². The van der Waals surface area contributed by atoms with Crippen molar-refractivity contribution >= 4 is 21.5 Å². The van der Waals surface area contributed by atoms with E-state index in [1.54, 1.807) is 0 Å². The lowest BCUT2D eigenvalue weighted by atomic mass is 9.90. The first-order valence-electron chi connectivity index (χ1n) is 38.4. The summed E-state index contributed by atoms with van der Waals surface area (Å²) in [4.78, 5) is 58.8. The maximum absolute atomic E-state index is 4.95. The number of hydrogen-bond acceptors (Lipinski definition) is 12. The van der Waals surface area contributed by atoms with E-state index in [0.29, 0.717) is 69.9 Å². The molecule has 0 radical (unpaired) electrons. The molecule has 116 heavy (non-hydrogen) atoms. The smallest absolute Gasteiger partial charge is 0.164 e. The lowest BCUT2D eigenvalue weighted by molar-refractivity contribution is 1.07. The highest BCUT2D eigenvalue weighted by atomic mass is 15.1. The highest BCUT2D eigenvalue weighted by Gasteiger charge is 2.20. The Morgan fingerprint density at radius 2 is 0.233 bits per heavy atom. The predicted molar refractivity (Wildman–Crippen MR) is 468 cm³/mol. The number of rotatable bonds is 16. The maximum Gasteiger partial charge on any atom is 0.164 e. The van der Waals surface area contributed by atoms with E-state index in [1.165, 1.54) is 21.5 Å². The van der Waals surface area contributed by atoms with Crippen LogP contribution < -0.4 is 0 Å². The van der Waals surface area contributed by atoms with Gasteiger partial charge in [-0.05, 0) is 90.3 Å². The van der Waals surface area contributed by atoms with Crippen molar-refractivity contribution in [2.24, 2.45) is 0 Å². The Balaban J connectivity index is 0.000000155. The summed E-state index contributed by atoms with van der Waals surface area (Å²) < 4.78 is 0. The van der Waals surface area contributed by atoms with E-state index in [2.05, 4.69) is 170 Å². The molecule has 0 aliphatic rings. The molecule has 0 unspecified atom stereocenters. The van der Waals surface area contributed by atoms with Crippen LogP contribution in [-0.4, -0.2) is 59.8 Å². The average Bonchev–Trinajstić information content (AvgIpc) is 0.781. The molecule has 0 atom stereocenters. The van der Waals surface area contributed by atoms with Gasteiger partial charge in [-0.2, -0.15) is 0 Å². The standard InChI is InChI=1S/2C52H34N6/c1-5-15-37(16-6-1)47-53-48(38-17-7-2-8-18-38)56-51(55-47)41-29-25-35(26-30-41)45-33-43-23-13-14-24-44(43)34-46(45)36-27-31-42(32-28-36)52-57-49(39-19-9-3-10-20-39)54-50(58-52)40-21-11-4-12-22-40;1-5-13-37(14-6-1)47-53-48(38-15-7-2-8-16-38)56-51(55-47)41-25-21-35(22-26-41)43-29-31-46-34-44(30-32-45(46)33-43)36-23-27-42(28-24-36)52-57-49(39-17-9-3-10-18-39)54-50(58-52)40-19-11-4-12-20-40/h2*1-34H. The molecule has 4 aromatic heterocycles. The minimum absolute atomic E-state index is 0.623. The van der Waals surface area contributed by atoms with E-state index < -0.39 is 0 Å². The van der Waals surface area contributed by atoms with Crippen LogP contribution in [0.3, 0.4) is 0 Å². The first-order chi connectivity index (χ1) is 57.4. The molecule has 0 aliphatic heterocycles. The molecule has 0 aliphatic carbocycles. The number of fused-ring (bicyclic) bond motifs is 2. The Kier molecular flexibility index (Phi) is 19.6. The molecule has 0 bridgehead atoms. The molecule has 544 valence electrons. The van der Waals surface area contributed by atoms with Crippen molar-refractivity contribution in [3.05, 3.63) is 413 Å². The van der Waals surface area contributed by atoms with Crippen LogP contribution in [0.2, 0.25) is 0 Å². The topological polar surface area (TPSA) is 155 Å². The summed E-state index contributed by atoms with van der Waals surface area (Å²) in [6.07, 6.45) is 0. The fourth-order valence-electron chi connectivity index (χ4n) is 14.3. The second kappa shape index (κ2) is 32.2. The van der Waals surface area contributed by atoms with Crippen LogP contribution in [0, 0.1) is 0 Å². The van der Waals surface area contributed by atoms with Crippen LogP contribution in [0.25, 0.3) is 203 Å². The van der Waals surface area contributed by atoms with Gasteiger partial charge in [0.05, 0.1) is 0 Å². The Bertz CT molecular complexity index is 6210. The Hall–Kier alpha value is -15.9. The zero-order valence-electron chi connectivity index (χ0n) is 62.6. The van der Waals surface area contributed by atoms with Gasteiger partial charge in [-0.15, -0.1) is 0 Å². The summed E-state index contributed by atoms with van der Waals surface area (Å²) in [5.74, 6) is 7.67. The molecule has 20 rings (SSSR count). The molecule has 0 amide bonds. The van der Waals surface area contributed by atoms with Crippen LogP contribution in [-0.2, 0) is 0 Å². The van der Waals surface area contributed by atoms with Gasteiger partial charge in [0.25, 0.3) is 0 Å². The fraction of sp³-hybridized carbons (Fsp3) is 0. The van der Waals surface area contributed by atoms with Crippen molar-refractivity contribution in [2.45, 2.75) is 0 Å². The minimum Gasteiger partial charge on any atom is -0.208 e. The van der Waals surface area contributed by atoms with E-state index >= 15 is 0 Å². The van der Waals surface area contributed by atoms with Crippen molar-refractivity contribution < 1.29 is 0 Å². The SMILES string of the molecule is c1ccc(-c2nc(-c3ccccc3)nc(-c3ccc(-c4cc5ccccc5cc4-c4ccc(-c5nc(-c6ccccc6)nc(-c6ccccc6)n5)cc4)cc3)n2)cc1.c1ccc(-c2nc(-c3ccccc3)nc(-c3ccc(-c4ccc5cc(-c6ccc(-c7nc(-c8ccccc8)nc(-c8ccccc8)n7)cc6)ccc5c4)cc3)n2)cc1. The predicted octanol–water partition coefficient (Wildman–Crippen LogP) is 25.1. The van der Waals surface area contributed by atoms with Gasteiger partial charge in [0.15, 0.2) is 69.9 Å². The number of nitrogens with zero attached hydrogens (tertiary/aromatic N) is 12. The van der Waals surface area contributed by atoms with Gasteiger partial charge < -0.3 is 0 Å². The third-order valence-electron chi connectivity index (χ3n) is 20.4. The Labute approximate surface area is 670 Å². The van der Waals surface area contributed by atoms with Crippen molar-refractivity contribution in [1.29, 1.82) is 0 Å². The molecule has 12 nitrogen and oxygen atoms in total. The van der Waals surface area contributed by atoms with Crippen LogP contribution in [0.1, 0.15) is 0 Å². The summed E-state index contributed by atoms with van der Waals surface area (Å²) in [5, 5.41) is 4.69. The molecular formula is C104H68N12. The van der Waals surface area contributed by atoms with Crippen molar-refractivity contribution in [3.63, 3.8) is 0 Å². The third kappa shape index (κ3) is 15.4. The second-order valence-electron chi connectivity index (χ2n) is 28.0. The monoisotopic (exact) mass is 1480 g/mol. The first kappa shape index (κ1) is 70.5. The molecule has 4 heterocycles. The lowest BCUT2D eigenvalue weighted by Crippen LogP contribution is -2.00. The zero-order valence-corrected chi connectivity index (χ0v) is 62.6. The molecule has 16 aromatic carbocycles. The molecular weight excluding hydrogens is 1420 g/mol. The number of aromatic nitrogens is 12. The molecule has 12 heteroatoms. The van der Waals surface area contributed by atoms with E-state index in [-0.39, 0.29) is 0 Å². The molecule has 0 fully saturated rings. The summed E-state index contributed by atoms with van der Waals surface area (Å²) in [6, 6.07) is 141. The Morgan fingerprint density at radius 3 is 0.422 bits per heavy atom. The highest BCUT2D eigenvalue weighted by molar-refractivity contribution is 5.97. The van der Waals surface area contributed by atoms with Crippen molar-refractivity contribution in [1.82, 2.24) is 59.8 Å². The third-order valence-corrected chi connectivity index (χ3v) is 20.4. The fourth-order valence-corrected chi connectivity index (χ4v) is 14.3. The highest BCUT2D eigenvalue weighted by Crippen LogP contribution is 2.40. The lowest BCUT2D eigenvalue weighted by Gasteiger charge is -2.14. The second-order valence-corrected chi connectivity index (χ2v) is 28.0. The summed E-state index contributed by atoms with van der Waals surface area (Å²) in [6.45, 7) is 0. The van der Waals surface area contributed by atoms with Gasteiger partial charge >= 0.3 is 0 Å². The van der Waals surface area contributed by atoms with E-state index in [1.807, 2.05) is 243 Å². The van der Waals surface area contributed by atoms with Gasteiger partial charge in [0.2, 0.25) is 0 Å². The molecule has 0 spiro atoms. The zero-order chi connectivity index (χ0) is 77.4. The van der Waals surface area contributed by atoms with Crippen LogP contribution in [0.15, 0.2) is 413 Å². The van der Waals surface area contributed by atoms with Crippen LogP contribution >= 0.6 is 0 Å². The maximum atomic E-state index is 4.95. The molecule has 0 saturated carbocycles. The molecule has 0 saturated heterocycles. The van der Waals surface area contributed by atoms with Gasteiger partial charge in [-0.1, -0.05) is 388 Å². The van der Waals surface area contributed by atoms with E-state index in [9.17, 15) is 0 Å². The summed E-state index contributed by atoms with van der Waals surface area (Å²) in [5.41, 5.74) is 20.2. The van der Waals surface area contributed by atoms with Crippen LogP contribution in [0.5, 0.6) is 0 Å². The normalized spacial score (nSPS) is 11.1. The Morgan fingerprint density at radius 1 is 0.0948 bits per heavy atom. The average molecular weight is 1490 g/mol. The summed E-state index contributed by atoms with van der Waals surface area (Å²) >= 11 is 0. The van der Waals surface area contributed by atoms with Crippen molar-refractivity contribution in [2.75, 3.05) is 0 Å². The van der Waals surface area contributed by atoms with E-state index in [0.717, 1.165) is 111 Å². The largest absolute Gasteiger partial charge is 0.208 e. The first-order valence-corrected chi connectivity index (χ1v) is 38.4. The van der Waals surface area contributed by atoms with Crippen LogP contribution in [0.4, 0.5) is 0 Å². The number of benzene rings is 16. The van der Waals surface area contributed by atoms with E-state index in [4.69, 9.17) is 59.8 Å². The summed E-state index contributed by atoms with van der Waals surface area (Å²) in [7, 11) is 0. The quantitative estimate of drug-likeness (QED) is 0.0904. The minimum atomic E-state index is 0.623. The van der Waals surface area contributed by atoms with Gasteiger partial charge in [-0.3, -0.25) is 0 Å². The van der Waals surface area contributed by atoms with Gasteiger partial charge in [0, 0.05) is 66.8 Å². The molecule has 0 N–H and O–H groups in total. The molecule has 20 aromatic rings. The van der Waals surface area contributed by atoms with Gasteiger partial charge in [0.1, 0.15) is 0 Å².